The van der Waals surface area contributed by atoms with Crippen molar-refractivity contribution in [3.8, 4) is 0 Å². The summed E-state index contributed by atoms with van der Waals surface area (Å²) in [5.41, 5.74) is 0.938. The molecule has 7 nitrogen and oxygen atoms in total. The minimum Gasteiger partial charge on any atom is -0.353 e. The lowest BCUT2D eigenvalue weighted by atomic mass is 10.0. The summed E-state index contributed by atoms with van der Waals surface area (Å²) in [6.45, 7) is 5.97. The van der Waals surface area contributed by atoms with Crippen molar-refractivity contribution in [2.24, 2.45) is 5.92 Å². The highest BCUT2D eigenvalue weighted by atomic mass is 32.2. The Morgan fingerprint density at radius 1 is 1.03 bits per heavy atom. The van der Waals surface area contributed by atoms with Gasteiger partial charge in [0.25, 0.3) is 0 Å². The summed E-state index contributed by atoms with van der Waals surface area (Å²) in [6, 6.07) is 6.93. The minimum atomic E-state index is -3.45. The van der Waals surface area contributed by atoms with E-state index >= 15 is 0 Å². The zero-order valence-electron chi connectivity index (χ0n) is 18.0. The van der Waals surface area contributed by atoms with E-state index in [0.717, 1.165) is 44.3 Å². The number of aryl methyl sites for hydroxylation is 1. The first kappa shape index (κ1) is 22.7. The fraction of sp³-hybridized carbons (Fsp3) is 0.636. The average Bonchev–Trinajstić information content (AvgIpc) is 3.59. The molecular formula is C22H33N3O4S. The molecule has 2 amide bonds. The van der Waals surface area contributed by atoms with E-state index in [1.165, 1.54) is 4.31 Å². The van der Waals surface area contributed by atoms with E-state index in [9.17, 15) is 18.0 Å². The second-order valence-corrected chi connectivity index (χ2v) is 10.1. The highest BCUT2D eigenvalue weighted by Crippen LogP contribution is 2.31. The summed E-state index contributed by atoms with van der Waals surface area (Å²) >= 11 is 0. The second kappa shape index (κ2) is 9.92. The van der Waals surface area contributed by atoms with E-state index in [1.807, 2.05) is 18.7 Å². The third-order valence-electron chi connectivity index (χ3n) is 6.01. The molecule has 0 bridgehead atoms. The Labute approximate surface area is 179 Å². The average molecular weight is 436 g/mol. The number of sulfonamides is 1. The van der Waals surface area contributed by atoms with Crippen LogP contribution in [0, 0.1) is 5.92 Å². The molecule has 1 heterocycles. The van der Waals surface area contributed by atoms with Crippen molar-refractivity contribution in [1.29, 1.82) is 0 Å². The lowest BCUT2D eigenvalue weighted by Gasteiger charge is -2.32. The molecule has 0 spiro atoms. The molecule has 1 aliphatic carbocycles. The van der Waals surface area contributed by atoms with Crippen LogP contribution in [0.15, 0.2) is 29.2 Å². The van der Waals surface area contributed by atoms with Crippen molar-refractivity contribution in [3.05, 3.63) is 29.8 Å². The lowest BCUT2D eigenvalue weighted by Crippen LogP contribution is -2.47. The third-order valence-corrected chi connectivity index (χ3v) is 8.07. The Hall–Kier alpha value is -1.93. The summed E-state index contributed by atoms with van der Waals surface area (Å²) in [6.07, 6.45) is 4.60. The summed E-state index contributed by atoms with van der Waals surface area (Å²) in [5.74, 6) is 0.539. The zero-order valence-corrected chi connectivity index (χ0v) is 18.8. The van der Waals surface area contributed by atoms with Crippen molar-refractivity contribution in [3.63, 3.8) is 0 Å². The van der Waals surface area contributed by atoms with Crippen LogP contribution in [0.4, 0.5) is 0 Å². The van der Waals surface area contributed by atoms with Crippen molar-refractivity contribution in [2.45, 2.75) is 63.3 Å². The van der Waals surface area contributed by atoms with Crippen molar-refractivity contribution in [1.82, 2.24) is 14.5 Å². The number of piperidine rings is 1. The van der Waals surface area contributed by atoms with Crippen LogP contribution in [0.3, 0.4) is 0 Å². The number of carbonyl (C=O) groups is 2. The Bertz CT molecular complexity index is 838. The molecule has 166 valence electrons. The van der Waals surface area contributed by atoms with Gasteiger partial charge in [0.15, 0.2) is 0 Å². The molecule has 1 saturated heterocycles. The maximum absolute atomic E-state index is 12.5. The first-order valence-electron chi connectivity index (χ1n) is 11.0. The lowest BCUT2D eigenvalue weighted by molar-refractivity contribution is -0.133. The SMILES string of the molecule is CCN(CC)S(=O)(=O)c1ccc(CCC(=O)NC2CCN(C(=O)C3CC3)CC2)cc1. The molecule has 2 aliphatic rings. The van der Waals surface area contributed by atoms with Crippen LogP contribution < -0.4 is 5.32 Å². The Balaban J connectivity index is 1.43. The van der Waals surface area contributed by atoms with Gasteiger partial charge in [0.1, 0.15) is 0 Å². The van der Waals surface area contributed by atoms with Crippen LogP contribution in [-0.2, 0) is 26.0 Å². The molecule has 3 rings (SSSR count). The molecule has 0 aromatic heterocycles. The van der Waals surface area contributed by atoms with E-state index in [-0.39, 0.29) is 28.7 Å². The van der Waals surface area contributed by atoms with E-state index in [2.05, 4.69) is 5.32 Å². The molecule has 30 heavy (non-hydrogen) atoms. The Kier molecular flexibility index (Phi) is 7.52. The van der Waals surface area contributed by atoms with Crippen molar-refractivity contribution >= 4 is 21.8 Å². The molecule has 1 N–H and O–H groups in total. The topological polar surface area (TPSA) is 86.8 Å². The largest absolute Gasteiger partial charge is 0.353 e. The molecule has 1 aromatic carbocycles. The van der Waals surface area contributed by atoms with Crippen molar-refractivity contribution < 1.29 is 18.0 Å². The fourth-order valence-corrected chi connectivity index (χ4v) is 5.39. The zero-order chi connectivity index (χ0) is 21.7. The first-order valence-corrected chi connectivity index (χ1v) is 12.5. The second-order valence-electron chi connectivity index (χ2n) is 8.17. The quantitative estimate of drug-likeness (QED) is 0.644. The molecule has 1 saturated carbocycles. The van der Waals surface area contributed by atoms with E-state index in [4.69, 9.17) is 0 Å². The number of rotatable bonds is 9. The van der Waals surface area contributed by atoms with Gasteiger partial charge in [0.05, 0.1) is 4.90 Å². The third kappa shape index (κ3) is 5.60. The number of hydrogen-bond acceptors (Lipinski definition) is 4. The number of nitrogens with one attached hydrogen (secondary N) is 1. The van der Waals surface area contributed by atoms with Crippen LogP contribution >= 0.6 is 0 Å². The number of hydrogen-bond donors (Lipinski definition) is 1. The summed E-state index contributed by atoms with van der Waals surface area (Å²) in [4.78, 5) is 26.6. The summed E-state index contributed by atoms with van der Waals surface area (Å²) in [5, 5.41) is 3.08. The number of amides is 2. The summed E-state index contributed by atoms with van der Waals surface area (Å²) in [7, 11) is -3.45. The van der Waals surface area contributed by atoms with Crippen LogP contribution in [0.2, 0.25) is 0 Å². The molecular weight excluding hydrogens is 402 g/mol. The van der Waals surface area contributed by atoms with Gasteiger partial charge in [-0.2, -0.15) is 4.31 Å². The van der Waals surface area contributed by atoms with Gasteiger partial charge in [-0.1, -0.05) is 26.0 Å². The Morgan fingerprint density at radius 3 is 2.17 bits per heavy atom. The first-order chi connectivity index (χ1) is 14.3. The number of nitrogens with zero attached hydrogens (tertiary/aromatic N) is 2. The molecule has 8 heteroatoms. The number of benzene rings is 1. The standard InChI is InChI=1S/C22H33N3O4S/c1-3-25(4-2)30(28,29)20-10-5-17(6-11-20)7-12-21(26)23-19-13-15-24(16-14-19)22(27)18-8-9-18/h5-6,10-11,18-19H,3-4,7-9,12-16H2,1-2H3,(H,23,26). The molecule has 1 aromatic rings. The molecule has 1 aliphatic heterocycles. The van der Waals surface area contributed by atoms with Gasteiger partial charge in [0.2, 0.25) is 21.8 Å². The van der Waals surface area contributed by atoms with Gasteiger partial charge in [-0.15, -0.1) is 0 Å². The maximum Gasteiger partial charge on any atom is 0.243 e. The monoisotopic (exact) mass is 435 g/mol. The van der Waals surface area contributed by atoms with Gasteiger partial charge in [-0.25, -0.2) is 8.42 Å². The molecule has 2 fully saturated rings. The Morgan fingerprint density at radius 2 is 1.63 bits per heavy atom. The smallest absolute Gasteiger partial charge is 0.243 e. The van der Waals surface area contributed by atoms with Crippen molar-refractivity contribution in [2.75, 3.05) is 26.2 Å². The van der Waals surface area contributed by atoms with Gasteiger partial charge >= 0.3 is 0 Å². The highest BCUT2D eigenvalue weighted by molar-refractivity contribution is 7.89. The summed E-state index contributed by atoms with van der Waals surface area (Å²) < 4.78 is 26.5. The van der Waals surface area contributed by atoms with Gasteiger partial charge in [-0.3, -0.25) is 9.59 Å². The van der Waals surface area contributed by atoms with Gasteiger partial charge in [-0.05, 0) is 49.8 Å². The predicted octanol–water partition coefficient (Wildman–Crippen LogP) is 2.17. The molecule has 0 unspecified atom stereocenters. The normalized spacial score (nSPS) is 17.9. The molecule has 0 atom stereocenters. The predicted molar refractivity (Wildman–Crippen MR) is 115 cm³/mol. The fourth-order valence-electron chi connectivity index (χ4n) is 3.93. The number of carbonyl (C=O) groups excluding carboxylic acids is 2. The van der Waals surface area contributed by atoms with E-state index in [1.54, 1.807) is 24.3 Å². The highest BCUT2D eigenvalue weighted by Gasteiger charge is 2.35. The van der Waals surface area contributed by atoms with Crippen LogP contribution in [0.1, 0.15) is 51.5 Å². The van der Waals surface area contributed by atoms with Crippen LogP contribution in [0.5, 0.6) is 0 Å². The minimum absolute atomic E-state index is 0.00167. The number of likely N-dealkylation sites (tertiary alicyclic amines) is 1. The van der Waals surface area contributed by atoms with Crippen LogP contribution in [-0.4, -0.2) is 61.7 Å². The van der Waals surface area contributed by atoms with Gasteiger partial charge in [0, 0.05) is 44.6 Å². The molecule has 0 radical (unpaired) electrons. The van der Waals surface area contributed by atoms with Crippen LogP contribution in [0.25, 0.3) is 0 Å². The van der Waals surface area contributed by atoms with E-state index < -0.39 is 10.0 Å². The van der Waals surface area contributed by atoms with Gasteiger partial charge < -0.3 is 10.2 Å². The van der Waals surface area contributed by atoms with E-state index in [0.29, 0.717) is 25.9 Å². The maximum atomic E-state index is 12.5.